The summed E-state index contributed by atoms with van der Waals surface area (Å²) in [4.78, 5) is 6.33. The minimum atomic E-state index is -4.57. The van der Waals surface area contributed by atoms with Gasteiger partial charge in [-0.3, -0.25) is 9.29 Å². The zero-order valence-electron chi connectivity index (χ0n) is 21.5. The van der Waals surface area contributed by atoms with Gasteiger partial charge in [-0.1, -0.05) is 5.92 Å². The first-order valence-electron chi connectivity index (χ1n) is 13.1. The molecule has 4 nitrogen and oxygen atoms in total. The summed E-state index contributed by atoms with van der Waals surface area (Å²) in [6.45, 7) is 1.88. The maximum absolute atomic E-state index is 15.7. The SMILES string of the molecule is C#Cc1ccc2[nH]c3c(c2c1)CC(C)N(CC(F)(F)F)C3c1c(F)cc(NC2CCN(CCCF)C2)cc1F. The fraction of sp³-hybridized carbons (Fsp3) is 0.448. The highest BCUT2D eigenvalue weighted by atomic mass is 19.4. The van der Waals surface area contributed by atoms with Gasteiger partial charge in [-0.25, -0.2) is 8.78 Å². The highest BCUT2D eigenvalue weighted by Crippen LogP contribution is 2.44. The molecule has 3 atom stereocenters. The van der Waals surface area contributed by atoms with Crippen molar-refractivity contribution in [3.8, 4) is 12.3 Å². The fourth-order valence-corrected chi connectivity index (χ4v) is 6.01. The lowest BCUT2D eigenvalue weighted by Gasteiger charge is -2.41. The number of halogens is 6. The largest absolute Gasteiger partial charge is 0.401 e. The average Bonchev–Trinajstić information content (AvgIpc) is 3.46. The highest BCUT2D eigenvalue weighted by molar-refractivity contribution is 5.87. The number of nitrogens with zero attached hydrogens (tertiary/aromatic N) is 2. The van der Waals surface area contributed by atoms with Gasteiger partial charge in [0.25, 0.3) is 0 Å². The topological polar surface area (TPSA) is 34.3 Å². The monoisotopic (exact) mass is 548 g/mol. The van der Waals surface area contributed by atoms with Crippen LogP contribution in [-0.4, -0.2) is 65.9 Å². The van der Waals surface area contributed by atoms with Crippen LogP contribution in [0.15, 0.2) is 30.3 Å². The second-order valence-corrected chi connectivity index (χ2v) is 10.5. The quantitative estimate of drug-likeness (QED) is 0.274. The van der Waals surface area contributed by atoms with Crippen LogP contribution in [0.5, 0.6) is 0 Å². The summed E-state index contributed by atoms with van der Waals surface area (Å²) >= 11 is 0. The van der Waals surface area contributed by atoms with Crippen molar-refractivity contribution in [2.45, 2.75) is 50.5 Å². The number of likely N-dealkylation sites (tertiary alicyclic amines) is 1. The molecule has 2 aliphatic heterocycles. The van der Waals surface area contributed by atoms with Crippen LogP contribution in [0.2, 0.25) is 0 Å². The van der Waals surface area contributed by atoms with E-state index < -0.39 is 48.7 Å². The number of rotatable bonds is 7. The van der Waals surface area contributed by atoms with Gasteiger partial charge in [-0.2, -0.15) is 13.2 Å². The highest BCUT2D eigenvalue weighted by Gasteiger charge is 2.44. The summed E-state index contributed by atoms with van der Waals surface area (Å²) in [5.41, 5.74) is 2.07. The molecule has 3 heterocycles. The van der Waals surface area contributed by atoms with Crippen LogP contribution >= 0.6 is 0 Å². The molecule has 10 heteroatoms. The predicted molar refractivity (Wildman–Crippen MR) is 139 cm³/mol. The molecule has 3 unspecified atom stereocenters. The van der Waals surface area contributed by atoms with Crippen LogP contribution in [0.3, 0.4) is 0 Å². The van der Waals surface area contributed by atoms with Crippen molar-refractivity contribution in [1.82, 2.24) is 14.8 Å². The van der Waals surface area contributed by atoms with Crippen LogP contribution in [0.1, 0.15) is 48.2 Å². The van der Waals surface area contributed by atoms with E-state index in [2.05, 4.69) is 21.1 Å². The van der Waals surface area contributed by atoms with Crippen LogP contribution < -0.4 is 5.32 Å². The lowest BCUT2D eigenvalue weighted by atomic mass is 9.87. The molecule has 5 rings (SSSR count). The molecule has 1 fully saturated rings. The third-order valence-corrected chi connectivity index (χ3v) is 7.74. The number of nitrogens with one attached hydrogen (secondary N) is 2. The molecule has 2 aliphatic rings. The van der Waals surface area contributed by atoms with Crippen molar-refractivity contribution in [3.63, 3.8) is 0 Å². The summed E-state index contributed by atoms with van der Waals surface area (Å²) in [7, 11) is 0. The summed E-state index contributed by atoms with van der Waals surface area (Å²) in [5.74, 6) is 0.705. The molecule has 208 valence electrons. The van der Waals surface area contributed by atoms with Crippen LogP contribution in [0, 0.1) is 24.0 Å². The van der Waals surface area contributed by atoms with E-state index in [1.165, 1.54) is 0 Å². The molecule has 39 heavy (non-hydrogen) atoms. The Labute approximate surface area is 223 Å². The van der Waals surface area contributed by atoms with E-state index in [0.717, 1.165) is 35.4 Å². The molecule has 0 radical (unpaired) electrons. The first-order valence-corrected chi connectivity index (χ1v) is 13.1. The number of aromatic nitrogens is 1. The number of anilines is 1. The Kier molecular flexibility index (Phi) is 7.57. The average molecular weight is 549 g/mol. The zero-order chi connectivity index (χ0) is 27.9. The van der Waals surface area contributed by atoms with Gasteiger partial charge in [0.15, 0.2) is 0 Å². The Bertz CT molecular complexity index is 1370. The van der Waals surface area contributed by atoms with Crippen LogP contribution in [-0.2, 0) is 6.42 Å². The lowest BCUT2D eigenvalue weighted by Crippen LogP contribution is -2.47. The summed E-state index contributed by atoms with van der Waals surface area (Å²) in [6.07, 6.45) is 2.40. The molecular formula is C29H30F6N4. The molecule has 2 N–H and O–H groups in total. The molecule has 0 saturated carbocycles. The predicted octanol–water partition coefficient (Wildman–Crippen LogP) is 6.17. The van der Waals surface area contributed by atoms with E-state index in [4.69, 9.17) is 6.42 Å². The smallest absolute Gasteiger partial charge is 0.381 e. The second-order valence-electron chi connectivity index (χ2n) is 10.5. The van der Waals surface area contributed by atoms with Gasteiger partial charge in [0.2, 0.25) is 0 Å². The number of fused-ring (bicyclic) bond motifs is 3. The van der Waals surface area contributed by atoms with Crippen molar-refractivity contribution >= 4 is 16.6 Å². The van der Waals surface area contributed by atoms with Gasteiger partial charge in [0.1, 0.15) is 11.6 Å². The second kappa shape index (κ2) is 10.8. The molecule has 3 aromatic rings. The minimum Gasteiger partial charge on any atom is -0.381 e. The molecule has 0 bridgehead atoms. The normalized spacial score (nSPS) is 22.3. The van der Waals surface area contributed by atoms with Crippen molar-refractivity contribution in [2.75, 3.05) is 38.2 Å². The number of aromatic amines is 1. The van der Waals surface area contributed by atoms with Gasteiger partial charge in [0.05, 0.1) is 19.3 Å². The first kappa shape index (κ1) is 27.4. The maximum Gasteiger partial charge on any atom is 0.401 e. The van der Waals surface area contributed by atoms with Gasteiger partial charge in [0, 0.05) is 65.1 Å². The number of terminal acetylenes is 1. The molecule has 2 aromatic carbocycles. The fourth-order valence-electron chi connectivity index (χ4n) is 6.01. The van der Waals surface area contributed by atoms with E-state index in [1.54, 1.807) is 25.1 Å². The van der Waals surface area contributed by atoms with Crippen molar-refractivity contribution < 1.29 is 26.3 Å². The number of benzene rings is 2. The maximum atomic E-state index is 15.7. The third-order valence-electron chi connectivity index (χ3n) is 7.74. The van der Waals surface area contributed by atoms with Crippen molar-refractivity contribution in [1.29, 1.82) is 0 Å². The van der Waals surface area contributed by atoms with Gasteiger partial charge < -0.3 is 15.2 Å². The summed E-state index contributed by atoms with van der Waals surface area (Å²) in [6, 6.07) is 5.46. The minimum absolute atomic E-state index is 0.0728. The first-order chi connectivity index (χ1) is 18.6. The standard InChI is InChI=1S/C29H30F6N4/c1-3-18-5-6-25-21(12-18)22-11-17(2)39(16-29(33,34)35)28(27(22)37-25)26-23(31)13-20(14-24(26)32)36-19-7-10-38(15-19)9-4-8-30/h1,5-6,12-14,17,19,28,36-37H,4,7-11,15-16H2,2H3. The van der Waals surface area contributed by atoms with Crippen LogP contribution in [0.25, 0.3) is 10.9 Å². The molecular weight excluding hydrogens is 518 g/mol. The van der Waals surface area contributed by atoms with Crippen molar-refractivity contribution in [2.24, 2.45) is 0 Å². The molecule has 0 spiro atoms. The third kappa shape index (κ3) is 5.61. The summed E-state index contributed by atoms with van der Waals surface area (Å²) < 4.78 is 85.0. The Morgan fingerprint density at radius 2 is 1.90 bits per heavy atom. The Balaban J connectivity index is 1.53. The van der Waals surface area contributed by atoms with Crippen molar-refractivity contribution in [3.05, 3.63) is 64.4 Å². The Morgan fingerprint density at radius 3 is 2.56 bits per heavy atom. The van der Waals surface area contributed by atoms with E-state index in [1.807, 2.05) is 0 Å². The molecule has 1 aromatic heterocycles. The number of hydrogen-bond donors (Lipinski definition) is 2. The van der Waals surface area contributed by atoms with E-state index in [9.17, 15) is 17.6 Å². The summed E-state index contributed by atoms with van der Waals surface area (Å²) in [5, 5.41) is 3.87. The van der Waals surface area contributed by atoms with E-state index >= 15 is 8.78 Å². The molecule has 1 saturated heterocycles. The lowest BCUT2D eigenvalue weighted by molar-refractivity contribution is -0.155. The van der Waals surface area contributed by atoms with Gasteiger partial charge in [-0.15, -0.1) is 6.42 Å². The number of hydrogen-bond acceptors (Lipinski definition) is 3. The van der Waals surface area contributed by atoms with Gasteiger partial charge >= 0.3 is 6.18 Å². The van der Waals surface area contributed by atoms with Crippen LogP contribution in [0.4, 0.5) is 32.0 Å². The zero-order valence-corrected chi connectivity index (χ0v) is 21.5. The molecule has 0 amide bonds. The Morgan fingerprint density at radius 1 is 1.15 bits per heavy atom. The van der Waals surface area contributed by atoms with Gasteiger partial charge in [-0.05, 0) is 62.1 Å². The molecule has 0 aliphatic carbocycles. The Hall–Kier alpha value is -3.16. The number of alkyl halides is 4. The van der Waals surface area contributed by atoms with E-state index in [0.29, 0.717) is 41.8 Å². The number of H-pyrrole nitrogens is 1. The van der Waals surface area contributed by atoms with E-state index in [-0.39, 0.29) is 18.2 Å².